The summed E-state index contributed by atoms with van der Waals surface area (Å²) >= 11 is 0. The number of rotatable bonds is 5. The molecule has 4 atom stereocenters. The van der Waals surface area contributed by atoms with E-state index in [0.29, 0.717) is 23.2 Å². The highest BCUT2D eigenvalue weighted by molar-refractivity contribution is 5.95. The molecule has 1 fully saturated rings. The Morgan fingerprint density at radius 3 is 2.48 bits per heavy atom. The van der Waals surface area contributed by atoms with Crippen molar-refractivity contribution in [1.29, 1.82) is 0 Å². The lowest BCUT2D eigenvalue weighted by Crippen LogP contribution is -2.97. The van der Waals surface area contributed by atoms with E-state index < -0.39 is 5.91 Å². The Bertz CT molecular complexity index is 556. The van der Waals surface area contributed by atoms with Crippen LogP contribution in [-0.2, 0) is 4.79 Å². The summed E-state index contributed by atoms with van der Waals surface area (Å²) < 4.78 is 0. The summed E-state index contributed by atoms with van der Waals surface area (Å²) in [6.45, 7) is 6.53. The molecule has 1 aliphatic rings. The predicted octanol–water partition coefficient (Wildman–Crippen LogP) is 1.50. The zero-order chi connectivity index (χ0) is 17.0. The van der Waals surface area contributed by atoms with E-state index in [1.807, 2.05) is 6.92 Å². The highest BCUT2D eigenvalue weighted by Gasteiger charge is 2.32. The fraction of sp³-hybridized carbons (Fsp3) is 0.556. The van der Waals surface area contributed by atoms with Gasteiger partial charge >= 0.3 is 0 Å². The van der Waals surface area contributed by atoms with E-state index in [0.717, 1.165) is 5.92 Å². The standard InChI is InChI=1S/C18H27N3O2/c1-11-5-4-6-16(12(11)2)20-13(3)18(23)21-15-9-7-14(8-10-15)17(19)22/h7-13,16,20H,4-6H2,1-3H3,(H2,19,22)(H,21,23)/p+1/t11-,12+,13-,16-/m0/s1. The van der Waals surface area contributed by atoms with E-state index in [-0.39, 0.29) is 11.9 Å². The maximum Gasteiger partial charge on any atom is 0.282 e. The third kappa shape index (κ3) is 4.55. The molecule has 0 aliphatic heterocycles. The van der Waals surface area contributed by atoms with Crippen LogP contribution in [0.5, 0.6) is 0 Å². The van der Waals surface area contributed by atoms with Crippen LogP contribution >= 0.6 is 0 Å². The van der Waals surface area contributed by atoms with E-state index in [4.69, 9.17) is 5.73 Å². The van der Waals surface area contributed by atoms with Crippen molar-refractivity contribution in [3.05, 3.63) is 29.8 Å². The molecule has 2 rings (SSSR count). The highest BCUT2D eigenvalue weighted by Crippen LogP contribution is 2.27. The number of benzene rings is 1. The van der Waals surface area contributed by atoms with Gasteiger partial charge in [0.15, 0.2) is 6.04 Å². The molecule has 1 aromatic rings. The monoisotopic (exact) mass is 318 g/mol. The minimum Gasteiger partial charge on any atom is -0.366 e. The first-order chi connectivity index (χ1) is 10.9. The second-order valence-electron chi connectivity index (χ2n) is 6.84. The molecule has 0 spiro atoms. The molecular weight excluding hydrogens is 290 g/mol. The quantitative estimate of drug-likeness (QED) is 0.768. The van der Waals surface area contributed by atoms with E-state index in [9.17, 15) is 9.59 Å². The van der Waals surface area contributed by atoms with Gasteiger partial charge in [0.25, 0.3) is 5.91 Å². The number of hydrogen-bond donors (Lipinski definition) is 3. The number of carbonyl (C=O) groups is 2. The number of nitrogens with two attached hydrogens (primary N) is 2. The molecule has 0 radical (unpaired) electrons. The highest BCUT2D eigenvalue weighted by atomic mass is 16.2. The fourth-order valence-electron chi connectivity index (χ4n) is 3.33. The van der Waals surface area contributed by atoms with Crippen LogP contribution < -0.4 is 16.4 Å². The van der Waals surface area contributed by atoms with E-state index in [1.165, 1.54) is 19.3 Å². The van der Waals surface area contributed by atoms with Crippen molar-refractivity contribution in [2.24, 2.45) is 17.6 Å². The minimum atomic E-state index is -0.468. The van der Waals surface area contributed by atoms with Crippen molar-refractivity contribution in [3.8, 4) is 0 Å². The van der Waals surface area contributed by atoms with Crippen LogP contribution in [-0.4, -0.2) is 23.9 Å². The van der Waals surface area contributed by atoms with Gasteiger partial charge in [0.1, 0.15) is 0 Å². The first-order valence-electron chi connectivity index (χ1n) is 8.44. The largest absolute Gasteiger partial charge is 0.366 e. The summed E-state index contributed by atoms with van der Waals surface area (Å²) in [5.74, 6) is 0.877. The molecule has 2 amide bonds. The fourth-order valence-corrected chi connectivity index (χ4v) is 3.33. The van der Waals surface area contributed by atoms with Crippen molar-refractivity contribution in [2.45, 2.75) is 52.1 Å². The molecule has 1 aliphatic carbocycles. The third-order valence-corrected chi connectivity index (χ3v) is 5.16. The number of amides is 2. The van der Waals surface area contributed by atoms with Crippen LogP contribution in [0.3, 0.4) is 0 Å². The molecule has 0 aromatic heterocycles. The second-order valence-corrected chi connectivity index (χ2v) is 6.84. The Morgan fingerprint density at radius 1 is 1.22 bits per heavy atom. The van der Waals surface area contributed by atoms with Crippen molar-refractivity contribution in [3.63, 3.8) is 0 Å². The third-order valence-electron chi connectivity index (χ3n) is 5.16. The van der Waals surface area contributed by atoms with E-state index in [1.54, 1.807) is 24.3 Å². The van der Waals surface area contributed by atoms with Gasteiger partial charge in [-0.3, -0.25) is 9.59 Å². The molecule has 1 aromatic carbocycles. The normalized spacial score (nSPS) is 25.6. The van der Waals surface area contributed by atoms with Crippen LogP contribution in [0.15, 0.2) is 24.3 Å². The number of nitrogens with one attached hydrogen (secondary N) is 1. The van der Waals surface area contributed by atoms with Gasteiger partial charge < -0.3 is 16.4 Å². The van der Waals surface area contributed by atoms with Crippen LogP contribution in [0.1, 0.15) is 50.4 Å². The number of anilines is 1. The van der Waals surface area contributed by atoms with Gasteiger partial charge in [0.05, 0.1) is 6.04 Å². The van der Waals surface area contributed by atoms with Crippen molar-refractivity contribution in [1.82, 2.24) is 0 Å². The second kappa shape index (κ2) is 7.59. The Labute approximate surface area is 138 Å². The molecule has 1 saturated carbocycles. The SMILES string of the molecule is C[C@H]1[C@@H]([NH2+][C@@H](C)C(=O)Nc2ccc(C(N)=O)cc2)CCC[C@@H]1C. The summed E-state index contributed by atoms with van der Waals surface area (Å²) in [6, 6.07) is 7.03. The topological polar surface area (TPSA) is 88.8 Å². The predicted molar refractivity (Wildman–Crippen MR) is 90.9 cm³/mol. The molecule has 0 bridgehead atoms. The first kappa shape index (κ1) is 17.5. The lowest BCUT2D eigenvalue weighted by Gasteiger charge is -2.33. The number of quaternary nitrogens is 1. The van der Waals surface area contributed by atoms with Gasteiger partial charge in [0.2, 0.25) is 5.91 Å². The van der Waals surface area contributed by atoms with Crippen molar-refractivity contribution in [2.75, 3.05) is 5.32 Å². The molecular formula is C18H28N3O2+. The zero-order valence-corrected chi connectivity index (χ0v) is 14.2. The van der Waals surface area contributed by atoms with Gasteiger partial charge in [-0.2, -0.15) is 0 Å². The molecule has 23 heavy (non-hydrogen) atoms. The molecule has 5 heteroatoms. The summed E-state index contributed by atoms with van der Waals surface area (Å²) in [7, 11) is 0. The van der Waals surface area contributed by atoms with Gasteiger partial charge in [-0.05, 0) is 56.4 Å². The Balaban J connectivity index is 1.90. The van der Waals surface area contributed by atoms with Gasteiger partial charge in [0, 0.05) is 17.2 Å². The maximum absolute atomic E-state index is 12.4. The van der Waals surface area contributed by atoms with Gasteiger partial charge in [-0.15, -0.1) is 0 Å². The molecule has 5 N–H and O–H groups in total. The summed E-state index contributed by atoms with van der Waals surface area (Å²) in [5.41, 5.74) is 6.33. The number of carbonyl (C=O) groups excluding carboxylic acids is 2. The van der Waals surface area contributed by atoms with Crippen LogP contribution in [0.4, 0.5) is 5.69 Å². The molecule has 0 heterocycles. The maximum atomic E-state index is 12.4. The molecule has 5 nitrogen and oxygen atoms in total. The van der Waals surface area contributed by atoms with E-state index >= 15 is 0 Å². The molecule has 0 unspecified atom stereocenters. The van der Waals surface area contributed by atoms with Crippen molar-refractivity contribution < 1.29 is 14.9 Å². The lowest BCUT2D eigenvalue weighted by atomic mass is 9.78. The van der Waals surface area contributed by atoms with Crippen molar-refractivity contribution >= 4 is 17.5 Å². The number of primary amides is 1. The molecule has 0 saturated heterocycles. The number of hydrogen-bond acceptors (Lipinski definition) is 2. The average Bonchev–Trinajstić information content (AvgIpc) is 2.52. The first-order valence-corrected chi connectivity index (χ1v) is 8.44. The van der Waals surface area contributed by atoms with Crippen LogP contribution in [0.2, 0.25) is 0 Å². The minimum absolute atomic E-state index is 0.0118. The Hall–Kier alpha value is -1.88. The average molecular weight is 318 g/mol. The van der Waals surface area contributed by atoms with Gasteiger partial charge in [-0.25, -0.2) is 0 Å². The smallest absolute Gasteiger partial charge is 0.282 e. The Kier molecular flexibility index (Phi) is 5.77. The lowest BCUT2D eigenvalue weighted by molar-refractivity contribution is -0.715. The van der Waals surface area contributed by atoms with E-state index in [2.05, 4.69) is 24.5 Å². The zero-order valence-electron chi connectivity index (χ0n) is 14.2. The van der Waals surface area contributed by atoms with Crippen LogP contribution in [0, 0.1) is 11.8 Å². The molecule has 126 valence electrons. The Morgan fingerprint density at radius 2 is 1.87 bits per heavy atom. The summed E-state index contributed by atoms with van der Waals surface area (Å²) in [4.78, 5) is 23.4. The van der Waals surface area contributed by atoms with Crippen LogP contribution in [0.25, 0.3) is 0 Å². The summed E-state index contributed by atoms with van der Waals surface area (Å²) in [5, 5.41) is 5.10. The summed E-state index contributed by atoms with van der Waals surface area (Å²) in [6.07, 6.45) is 3.71. The van der Waals surface area contributed by atoms with Gasteiger partial charge in [-0.1, -0.05) is 13.8 Å².